The number of thiazole rings is 1. The van der Waals surface area contributed by atoms with Gasteiger partial charge < -0.3 is 14.7 Å². The number of carbonyl (C=O) groups is 2. The van der Waals surface area contributed by atoms with E-state index >= 15 is 0 Å². The first-order valence-electron chi connectivity index (χ1n) is 8.91. The first-order chi connectivity index (χ1) is 13.5. The van der Waals surface area contributed by atoms with Crippen LogP contribution >= 0.6 is 11.3 Å². The minimum Gasteiger partial charge on any atom is -0.476 e. The predicted octanol–water partition coefficient (Wildman–Crippen LogP) is 4.60. The number of aromatic carboxylic acids is 1. The monoisotopic (exact) mass is 394 g/mol. The van der Waals surface area contributed by atoms with Crippen molar-refractivity contribution in [2.24, 2.45) is 0 Å². The Morgan fingerprint density at radius 3 is 2.68 bits per heavy atom. The van der Waals surface area contributed by atoms with Gasteiger partial charge in [-0.25, -0.2) is 9.78 Å². The van der Waals surface area contributed by atoms with Crippen LogP contribution in [0, 0.1) is 0 Å². The average Bonchev–Trinajstić information content (AvgIpc) is 3.12. The second kappa shape index (κ2) is 7.44. The van der Waals surface area contributed by atoms with Crippen molar-refractivity contribution < 1.29 is 19.4 Å². The fraction of sp³-hybridized carbons (Fsp3) is 0.190. The molecule has 0 fully saturated rings. The number of aryl methyl sites for hydroxylation is 1. The quantitative estimate of drug-likeness (QED) is 0.700. The van der Waals surface area contributed by atoms with Crippen LogP contribution < -0.4 is 9.64 Å². The molecule has 1 amide bonds. The number of amides is 1. The molecule has 1 aliphatic heterocycles. The SMILES string of the molecule is CC(=O)N1CCCc2ccc(-c3nc(C(=O)O)c(Oc4ccccc4)s3)cc21. The number of ether oxygens (including phenoxy) is 1. The highest BCUT2D eigenvalue weighted by Gasteiger charge is 2.24. The summed E-state index contributed by atoms with van der Waals surface area (Å²) >= 11 is 1.18. The Balaban J connectivity index is 1.74. The second-order valence-electron chi connectivity index (χ2n) is 6.49. The lowest BCUT2D eigenvalue weighted by Crippen LogP contribution is -2.33. The van der Waals surface area contributed by atoms with E-state index < -0.39 is 5.97 Å². The summed E-state index contributed by atoms with van der Waals surface area (Å²) in [6, 6.07) is 14.8. The van der Waals surface area contributed by atoms with E-state index in [1.165, 1.54) is 11.3 Å². The van der Waals surface area contributed by atoms with Gasteiger partial charge in [0.15, 0.2) is 0 Å². The topological polar surface area (TPSA) is 79.7 Å². The number of nitrogens with zero attached hydrogens (tertiary/aromatic N) is 2. The van der Waals surface area contributed by atoms with Crippen LogP contribution in [0.1, 0.15) is 29.4 Å². The van der Waals surface area contributed by atoms with Crippen LogP contribution in [0.25, 0.3) is 10.6 Å². The summed E-state index contributed by atoms with van der Waals surface area (Å²) in [5.41, 5.74) is 2.63. The third-order valence-electron chi connectivity index (χ3n) is 4.58. The molecule has 4 rings (SSSR count). The summed E-state index contributed by atoms with van der Waals surface area (Å²) in [6.45, 7) is 2.24. The van der Waals surface area contributed by atoms with E-state index in [2.05, 4.69) is 4.98 Å². The maximum atomic E-state index is 12.0. The van der Waals surface area contributed by atoms with Crippen molar-refractivity contribution in [1.82, 2.24) is 4.98 Å². The normalized spacial score (nSPS) is 13.1. The maximum absolute atomic E-state index is 12.0. The van der Waals surface area contributed by atoms with E-state index in [-0.39, 0.29) is 16.7 Å². The second-order valence-corrected chi connectivity index (χ2v) is 7.45. The van der Waals surface area contributed by atoms with Crippen LogP contribution in [-0.2, 0) is 11.2 Å². The number of carboxylic acid groups (broad SMARTS) is 1. The van der Waals surface area contributed by atoms with Crippen molar-refractivity contribution >= 4 is 28.9 Å². The Kier molecular flexibility index (Phi) is 4.83. The summed E-state index contributed by atoms with van der Waals surface area (Å²) in [4.78, 5) is 29.7. The molecule has 0 radical (unpaired) electrons. The molecule has 142 valence electrons. The van der Waals surface area contributed by atoms with E-state index in [1.807, 2.05) is 36.4 Å². The zero-order chi connectivity index (χ0) is 19.7. The van der Waals surface area contributed by atoms with Crippen molar-refractivity contribution in [1.29, 1.82) is 0 Å². The van der Waals surface area contributed by atoms with E-state index in [0.29, 0.717) is 17.3 Å². The molecule has 0 spiro atoms. The van der Waals surface area contributed by atoms with E-state index in [1.54, 1.807) is 24.0 Å². The Labute approximate surface area is 166 Å². The van der Waals surface area contributed by atoms with Gasteiger partial charge in [0.1, 0.15) is 10.8 Å². The number of benzene rings is 2. The summed E-state index contributed by atoms with van der Waals surface area (Å²) in [5.74, 6) is -0.596. The van der Waals surface area contributed by atoms with Gasteiger partial charge in [-0.3, -0.25) is 4.79 Å². The molecule has 6 nitrogen and oxygen atoms in total. The number of fused-ring (bicyclic) bond motifs is 1. The van der Waals surface area contributed by atoms with E-state index in [0.717, 1.165) is 29.7 Å². The van der Waals surface area contributed by atoms with Crippen molar-refractivity contribution in [2.75, 3.05) is 11.4 Å². The van der Waals surface area contributed by atoms with Crippen molar-refractivity contribution in [2.45, 2.75) is 19.8 Å². The summed E-state index contributed by atoms with van der Waals surface area (Å²) in [6.07, 6.45) is 1.85. The summed E-state index contributed by atoms with van der Waals surface area (Å²) < 4.78 is 5.76. The largest absolute Gasteiger partial charge is 0.476 e. The molecule has 28 heavy (non-hydrogen) atoms. The Morgan fingerprint density at radius 2 is 1.96 bits per heavy atom. The fourth-order valence-electron chi connectivity index (χ4n) is 3.26. The lowest BCUT2D eigenvalue weighted by molar-refractivity contribution is -0.116. The molecule has 7 heteroatoms. The van der Waals surface area contributed by atoms with Gasteiger partial charge in [0.2, 0.25) is 16.7 Å². The van der Waals surface area contributed by atoms with Crippen LogP contribution in [0.5, 0.6) is 10.8 Å². The highest BCUT2D eigenvalue weighted by Crippen LogP contribution is 2.39. The molecule has 3 aromatic rings. The molecule has 1 N–H and O–H groups in total. The number of carbonyl (C=O) groups excluding carboxylic acids is 1. The molecule has 0 saturated carbocycles. The van der Waals surface area contributed by atoms with Gasteiger partial charge in [0, 0.05) is 24.7 Å². The maximum Gasteiger partial charge on any atom is 0.359 e. The van der Waals surface area contributed by atoms with Crippen LogP contribution in [-0.4, -0.2) is 28.5 Å². The van der Waals surface area contributed by atoms with Gasteiger partial charge in [0.05, 0.1) is 0 Å². The molecular weight excluding hydrogens is 376 g/mol. The number of hydrogen-bond donors (Lipinski definition) is 1. The highest BCUT2D eigenvalue weighted by molar-refractivity contribution is 7.17. The Hall–Kier alpha value is -3.19. The molecular formula is C21H18N2O4S. The number of carboxylic acids is 1. The van der Waals surface area contributed by atoms with E-state index in [4.69, 9.17) is 4.74 Å². The molecule has 0 aliphatic carbocycles. The third kappa shape index (κ3) is 3.48. The van der Waals surface area contributed by atoms with Crippen LogP contribution in [0.4, 0.5) is 5.69 Å². The standard InChI is InChI=1S/C21H18N2O4S/c1-13(24)23-11-5-6-14-9-10-15(12-17(14)23)19-22-18(20(25)26)21(28-19)27-16-7-3-2-4-8-16/h2-4,7-10,12H,5-6,11H2,1H3,(H,25,26). The number of anilines is 1. The van der Waals surface area contributed by atoms with Gasteiger partial charge >= 0.3 is 5.97 Å². The molecule has 1 aromatic heterocycles. The first kappa shape index (κ1) is 18.2. The minimum absolute atomic E-state index is 0.00318. The molecule has 2 aromatic carbocycles. The first-order valence-corrected chi connectivity index (χ1v) is 9.73. The Bertz CT molecular complexity index is 1050. The molecule has 0 unspecified atom stereocenters. The zero-order valence-electron chi connectivity index (χ0n) is 15.2. The van der Waals surface area contributed by atoms with Crippen LogP contribution in [0.15, 0.2) is 48.5 Å². The minimum atomic E-state index is -1.14. The van der Waals surface area contributed by atoms with Crippen LogP contribution in [0.2, 0.25) is 0 Å². The molecule has 0 bridgehead atoms. The average molecular weight is 394 g/mol. The molecule has 2 heterocycles. The van der Waals surface area contributed by atoms with Crippen molar-refractivity contribution in [3.05, 3.63) is 59.8 Å². The lowest BCUT2D eigenvalue weighted by atomic mass is 9.99. The Morgan fingerprint density at radius 1 is 1.18 bits per heavy atom. The number of rotatable bonds is 4. The lowest BCUT2D eigenvalue weighted by Gasteiger charge is -2.28. The van der Waals surface area contributed by atoms with Crippen LogP contribution in [0.3, 0.4) is 0 Å². The van der Waals surface area contributed by atoms with Gasteiger partial charge in [-0.2, -0.15) is 0 Å². The summed E-state index contributed by atoms with van der Waals surface area (Å²) in [5, 5.41) is 10.3. The molecule has 0 atom stereocenters. The highest BCUT2D eigenvalue weighted by atomic mass is 32.1. The zero-order valence-corrected chi connectivity index (χ0v) is 16.0. The summed E-state index contributed by atoms with van der Waals surface area (Å²) in [7, 11) is 0. The number of para-hydroxylation sites is 1. The predicted molar refractivity (Wildman–Crippen MR) is 107 cm³/mol. The van der Waals surface area contributed by atoms with Gasteiger partial charge in [0.25, 0.3) is 0 Å². The molecule has 0 saturated heterocycles. The van der Waals surface area contributed by atoms with Crippen molar-refractivity contribution in [3.8, 4) is 21.4 Å². The third-order valence-corrected chi connectivity index (χ3v) is 5.57. The van der Waals surface area contributed by atoms with E-state index in [9.17, 15) is 14.7 Å². The van der Waals surface area contributed by atoms with Gasteiger partial charge in [-0.05, 0) is 36.6 Å². The fourth-order valence-corrected chi connectivity index (χ4v) is 4.19. The van der Waals surface area contributed by atoms with Gasteiger partial charge in [-0.15, -0.1) is 0 Å². The number of aromatic nitrogens is 1. The number of hydrogen-bond acceptors (Lipinski definition) is 5. The molecule has 1 aliphatic rings. The van der Waals surface area contributed by atoms with Gasteiger partial charge in [-0.1, -0.05) is 41.7 Å². The smallest absolute Gasteiger partial charge is 0.359 e. The van der Waals surface area contributed by atoms with Crippen molar-refractivity contribution in [3.63, 3.8) is 0 Å².